The van der Waals surface area contributed by atoms with E-state index >= 15 is 0 Å². The monoisotopic (exact) mass is 256 g/mol. The highest BCUT2D eigenvalue weighted by molar-refractivity contribution is 5.89. The van der Waals surface area contributed by atoms with Crippen molar-refractivity contribution in [3.05, 3.63) is 0 Å². The fourth-order valence-electron chi connectivity index (χ4n) is 3.02. The van der Waals surface area contributed by atoms with Crippen LogP contribution in [-0.4, -0.2) is 24.1 Å². The van der Waals surface area contributed by atoms with Gasteiger partial charge in [0.05, 0.1) is 12.0 Å². The van der Waals surface area contributed by atoms with Gasteiger partial charge in [-0.15, -0.1) is 0 Å². The molecule has 104 valence electrons. The van der Waals surface area contributed by atoms with Gasteiger partial charge in [0.1, 0.15) is 11.5 Å². The molecule has 0 radical (unpaired) electrons. The van der Waals surface area contributed by atoms with Crippen molar-refractivity contribution in [1.82, 2.24) is 0 Å². The number of hydrogen-bond donors (Lipinski definition) is 0. The molecule has 0 N–H and O–H groups in total. The molecule has 4 nitrogen and oxygen atoms in total. The van der Waals surface area contributed by atoms with Gasteiger partial charge in [0.2, 0.25) is 0 Å². The second-order valence-electron chi connectivity index (χ2n) is 6.21. The van der Waals surface area contributed by atoms with E-state index in [4.69, 9.17) is 9.47 Å². The van der Waals surface area contributed by atoms with E-state index in [2.05, 4.69) is 0 Å². The Bertz CT molecular complexity index is 346. The molecule has 0 amide bonds. The van der Waals surface area contributed by atoms with Crippen LogP contribution in [0.3, 0.4) is 0 Å². The number of ether oxygens (including phenoxy) is 2. The van der Waals surface area contributed by atoms with E-state index in [1.165, 1.54) is 0 Å². The Hall–Kier alpha value is -1.06. The molecule has 2 atom stereocenters. The van der Waals surface area contributed by atoms with Crippen molar-refractivity contribution >= 4 is 11.9 Å². The number of hydrogen-bond acceptors (Lipinski definition) is 4. The van der Waals surface area contributed by atoms with Crippen LogP contribution in [0.25, 0.3) is 0 Å². The molecular formula is C14H24O4. The fourth-order valence-corrected chi connectivity index (χ4v) is 3.02. The van der Waals surface area contributed by atoms with Gasteiger partial charge in [-0.3, -0.25) is 9.59 Å². The van der Waals surface area contributed by atoms with Crippen molar-refractivity contribution in [2.45, 2.75) is 53.6 Å². The minimum absolute atomic E-state index is 0.316. The Morgan fingerprint density at radius 2 is 1.94 bits per heavy atom. The summed E-state index contributed by atoms with van der Waals surface area (Å²) in [5, 5.41) is 0. The fraction of sp³-hybridized carbons (Fsp3) is 0.857. The predicted octanol–water partition coefficient (Wildman–Crippen LogP) is 2.55. The van der Waals surface area contributed by atoms with Gasteiger partial charge in [-0.25, -0.2) is 0 Å². The van der Waals surface area contributed by atoms with E-state index in [0.717, 1.165) is 0 Å². The molecule has 0 aliphatic carbocycles. The Morgan fingerprint density at radius 3 is 2.39 bits per heavy atom. The number of cyclic esters (lactones) is 1. The molecule has 0 aromatic rings. The van der Waals surface area contributed by atoms with E-state index in [-0.39, 0.29) is 11.9 Å². The van der Waals surface area contributed by atoms with Crippen LogP contribution in [0, 0.1) is 17.3 Å². The number of rotatable bonds is 4. The Kier molecular flexibility index (Phi) is 4.08. The second-order valence-corrected chi connectivity index (χ2v) is 6.21. The molecule has 0 bridgehead atoms. The highest BCUT2D eigenvalue weighted by atomic mass is 16.6. The largest absolute Gasteiger partial charge is 0.466 e. The van der Waals surface area contributed by atoms with E-state index in [0.29, 0.717) is 18.9 Å². The van der Waals surface area contributed by atoms with Crippen molar-refractivity contribution in [2.24, 2.45) is 17.3 Å². The predicted molar refractivity (Wildman–Crippen MR) is 67.9 cm³/mol. The third-order valence-corrected chi connectivity index (χ3v) is 3.52. The van der Waals surface area contributed by atoms with Gasteiger partial charge < -0.3 is 9.47 Å². The van der Waals surface area contributed by atoms with Crippen molar-refractivity contribution in [3.63, 3.8) is 0 Å². The molecule has 1 rings (SSSR count). The third kappa shape index (κ3) is 2.52. The molecule has 1 aliphatic rings. The molecule has 1 fully saturated rings. The van der Waals surface area contributed by atoms with Crippen molar-refractivity contribution < 1.29 is 19.1 Å². The maximum Gasteiger partial charge on any atom is 0.314 e. The second kappa shape index (κ2) is 4.90. The molecule has 0 spiro atoms. The zero-order chi connectivity index (χ0) is 14.1. The molecule has 18 heavy (non-hydrogen) atoms. The van der Waals surface area contributed by atoms with E-state index in [1.54, 1.807) is 20.8 Å². The van der Waals surface area contributed by atoms with Gasteiger partial charge in [-0.2, -0.15) is 0 Å². The highest BCUT2D eigenvalue weighted by Crippen LogP contribution is 2.49. The number of carbonyl (C=O) groups excluding carboxylic acids is 2. The van der Waals surface area contributed by atoms with Crippen LogP contribution in [0.5, 0.6) is 0 Å². The lowest BCUT2D eigenvalue weighted by Gasteiger charge is -2.32. The third-order valence-electron chi connectivity index (χ3n) is 3.52. The summed E-state index contributed by atoms with van der Waals surface area (Å²) in [6.07, 6.45) is 0.658. The quantitative estimate of drug-likeness (QED) is 0.725. The summed E-state index contributed by atoms with van der Waals surface area (Å²) in [6, 6.07) is 0. The van der Waals surface area contributed by atoms with Crippen molar-refractivity contribution in [1.29, 1.82) is 0 Å². The Balaban J connectivity index is 3.10. The first-order valence-electron chi connectivity index (χ1n) is 6.55. The van der Waals surface area contributed by atoms with Gasteiger partial charge >= 0.3 is 11.9 Å². The lowest BCUT2D eigenvalue weighted by molar-refractivity contribution is -0.158. The van der Waals surface area contributed by atoms with E-state index in [1.807, 2.05) is 20.8 Å². The van der Waals surface area contributed by atoms with Crippen LogP contribution in [0.1, 0.15) is 48.0 Å². The molecule has 1 heterocycles. The molecule has 1 aliphatic heterocycles. The minimum Gasteiger partial charge on any atom is -0.466 e. The summed E-state index contributed by atoms with van der Waals surface area (Å²) in [5.41, 5.74) is -1.59. The maximum atomic E-state index is 12.1. The SMILES string of the molecule is CCOC(=O)[C@H]1C(C)(C)C(=O)O[C@@]1(C)CC(C)C. The molecule has 0 unspecified atom stereocenters. The molecule has 1 saturated heterocycles. The maximum absolute atomic E-state index is 12.1. The number of carbonyl (C=O) groups is 2. The normalized spacial score (nSPS) is 30.4. The van der Waals surface area contributed by atoms with E-state index < -0.39 is 16.9 Å². The minimum atomic E-state index is -0.824. The molecule has 4 heteroatoms. The smallest absolute Gasteiger partial charge is 0.314 e. The summed E-state index contributed by atoms with van der Waals surface area (Å²) < 4.78 is 10.6. The van der Waals surface area contributed by atoms with Crippen molar-refractivity contribution in [3.8, 4) is 0 Å². The van der Waals surface area contributed by atoms with Gasteiger partial charge in [0.25, 0.3) is 0 Å². The summed E-state index contributed by atoms with van der Waals surface area (Å²) in [7, 11) is 0. The summed E-state index contributed by atoms with van der Waals surface area (Å²) in [4.78, 5) is 24.1. The topological polar surface area (TPSA) is 52.6 Å². The number of esters is 2. The Labute approximate surface area is 109 Å². The van der Waals surface area contributed by atoms with Gasteiger partial charge in [-0.05, 0) is 40.0 Å². The van der Waals surface area contributed by atoms with Crippen LogP contribution in [0.2, 0.25) is 0 Å². The summed E-state index contributed by atoms with van der Waals surface area (Å²) in [5.74, 6) is -0.853. The molecule has 0 aromatic carbocycles. The zero-order valence-corrected chi connectivity index (χ0v) is 12.2. The summed E-state index contributed by atoms with van der Waals surface area (Å²) >= 11 is 0. The molecule has 0 saturated carbocycles. The van der Waals surface area contributed by atoms with Crippen LogP contribution in [0.15, 0.2) is 0 Å². The van der Waals surface area contributed by atoms with Crippen LogP contribution in [-0.2, 0) is 19.1 Å². The summed E-state index contributed by atoms with van der Waals surface area (Å²) in [6.45, 7) is 11.5. The highest BCUT2D eigenvalue weighted by Gasteiger charge is 2.61. The first kappa shape index (κ1) is 15.0. The average molecular weight is 256 g/mol. The van der Waals surface area contributed by atoms with Gasteiger partial charge in [-0.1, -0.05) is 13.8 Å². The molecule has 0 aromatic heterocycles. The lowest BCUT2D eigenvalue weighted by atomic mass is 9.70. The Morgan fingerprint density at radius 1 is 1.39 bits per heavy atom. The zero-order valence-electron chi connectivity index (χ0n) is 12.2. The average Bonchev–Trinajstić information content (AvgIpc) is 2.31. The van der Waals surface area contributed by atoms with E-state index in [9.17, 15) is 9.59 Å². The van der Waals surface area contributed by atoms with Crippen LogP contribution in [0.4, 0.5) is 0 Å². The van der Waals surface area contributed by atoms with Crippen molar-refractivity contribution in [2.75, 3.05) is 6.61 Å². The first-order chi connectivity index (χ1) is 8.15. The lowest BCUT2D eigenvalue weighted by Crippen LogP contribution is -2.44. The first-order valence-corrected chi connectivity index (χ1v) is 6.55. The van der Waals surface area contributed by atoms with Gasteiger partial charge in [0.15, 0.2) is 0 Å². The van der Waals surface area contributed by atoms with Crippen LogP contribution < -0.4 is 0 Å². The molecular weight excluding hydrogens is 232 g/mol. The van der Waals surface area contributed by atoms with Gasteiger partial charge in [0, 0.05) is 0 Å². The standard InChI is InChI=1S/C14H24O4/c1-7-17-11(15)10-13(4,5)12(16)18-14(10,6)8-9(2)3/h9-10H,7-8H2,1-6H3/t10-,14-/m0/s1. The van der Waals surface area contributed by atoms with Crippen LogP contribution >= 0.6 is 0 Å².